The van der Waals surface area contributed by atoms with Crippen LogP contribution in [0.4, 0.5) is 0 Å². The first-order valence-electron chi connectivity index (χ1n) is 6.91. The van der Waals surface area contributed by atoms with Gasteiger partial charge in [-0.1, -0.05) is 30.2 Å². The topological polar surface area (TPSA) is 46.5 Å². The molecule has 0 amide bonds. The van der Waals surface area contributed by atoms with Crippen LogP contribution >= 0.6 is 0 Å². The van der Waals surface area contributed by atoms with Gasteiger partial charge in [0.25, 0.3) is 0 Å². The molecule has 0 atom stereocenters. The zero-order valence-electron chi connectivity index (χ0n) is 11.5. The van der Waals surface area contributed by atoms with Crippen LogP contribution in [0.3, 0.4) is 0 Å². The summed E-state index contributed by atoms with van der Waals surface area (Å²) in [6, 6.07) is 6.33. The molecule has 2 fully saturated rings. The normalized spacial score (nSPS) is 23.3. The van der Waals surface area contributed by atoms with Gasteiger partial charge < -0.3 is 9.84 Å². The smallest absolute Gasteiger partial charge is 0.310 e. The minimum Gasteiger partial charge on any atom is -0.481 e. The highest BCUT2D eigenvalue weighted by Crippen LogP contribution is 2.59. The van der Waals surface area contributed by atoms with Crippen molar-refractivity contribution in [2.45, 2.75) is 38.5 Å². The zero-order chi connectivity index (χ0) is 13.7. The molecular formula is C16H20O3. The molecular weight excluding hydrogens is 240 g/mol. The van der Waals surface area contributed by atoms with E-state index < -0.39 is 11.4 Å². The molecule has 19 heavy (non-hydrogen) atoms. The maximum absolute atomic E-state index is 11.9. The number of rotatable bonds is 3. The van der Waals surface area contributed by atoms with Crippen molar-refractivity contribution < 1.29 is 14.6 Å². The molecule has 1 aromatic carbocycles. The summed E-state index contributed by atoms with van der Waals surface area (Å²) >= 11 is 0. The van der Waals surface area contributed by atoms with Crippen LogP contribution in [-0.2, 0) is 14.9 Å². The van der Waals surface area contributed by atoms with Crippen LogP contribution in [0.5, 0.6) is 0 Å². The minimum atomic E-state index is -0.650. The quantitative estimate of drug-likeness (QED) is 0.909. The molecule has 0 radical (unpaired) electrons. The summed E-state index contributed by atoms with van der Waals surface area (Å²) in [4.78, 5) is 11.9. The van der Waals surface area contributed by atoms with E-state index in [2.05, 4.69) is 32.0 Å². The molecule has 3 rings (SSSR count). The summed E-state index contributed by atoms with van der Waals surface area (Å²) in [7, 11) is 0. The van der Waals surface area contributed by atoms with Gasteiger partial charge in [-0.25, -0.2) is 0 Å². The second-order valence-corrected chi connectivity index (χ2v) is 6.13. The first-order valence-corrected chi connectivity index (χ1v) is 6.91. The van der Waals surface area contributed by atoms with Gasteiger partial charge in [-0.3, -0.25) is 4.79 Å². The second kappa shape index (κ2) is 4.07. The van der Waals surface area contributed by atoms with Crippen molar-refractivity contribution in [2.24, 2.45) is 5.41 Å². The van der Waals surface area contributed by atoms with E-state index in [1.165, 1.54) is 16.7 Å². The summed E-state index contributed by atoms with van der Waals surface area (Å²) in [5.74, 6) is -0.650. The molecule has 1 saturated carbocycles. The van der Waals surface area contributed by atoms with Crippen molar-refractivity contribution in [2.75, 3.05) is 13.2 Å². The van der Waals surface area contributed by atoms with Gasteiger partial charge in [0.15, 0.2) is 0 Å². The summed E-state index contributed by atoms with van der Waals surface area (Å²) in [6.07, 6.45) is 2.57. The number of benzene rings is 1. The van der Waals surface area contributed by atoms with Crippen molar-refractivity contribution in [3.8, 4) is 0 Å². The fourth-order valence-electron chi connectivity index (χ4n) is 3.67. The fraction of sp³-hybridized carbons (Fsp3) is 0.562. The minimum absolute atomic E-state index is 0.312. The Hall–Kier alpha value is -1.35. The van der Waals surface area contributed by atoms with Gasteiger partial charge in [0, 0.05) is 0 Å². The third-order valence-corrected chi connectivity index (χ3v) is 5.14. The molecule has 3 heteroatoms. The monoisotopic (exact) mass is 260 g/mol. The third-order valence-electron chi connectivity index (χ3n) is 5.14. The SMILES string of the molecule is Cc1ccc(C)c(C2(C3(C(=O)O)CCC3)COC2)c1. The maximum Gasteiger partial charge on any atom is 0.310 e. The van der Waals surface area contributed by atoms with E-state index in [1.807, 2.05) is 0 Å². The average molecular weight is 260 g/mol. The number of carboxylic acid groups (broad SMARTS) is 1. The van der Waals surface area contributed by atoms with Gasteiger partial charge >= 0.3 is 5.97 Å². The fourth-order valence-corrected chi connectivity index (χ4v) is 3.67. The number of aryl methyl sites for hydroxylation is 2. The molecule has 102 valence electrons. The van der Waals surface area contributed by atoms with Crippen LogP contribution in [-0.4, -0.2) is 24.3 Å². The predicted octanol–water partition coefficient (Wildman–Crippen LogP) is 2.83. The van der Waals surface area contributed by atoms with E-state index in [0.717, 1.165) is 19.3 Å². The molecule has 0 spiro atoms. The van der Waals surface area contributed by atoms with E-state index in [9.17, 15) is 9.90 Å². The van der Waals surface area contributed by atoms with Crippen molar-refractivity contribution in [1.82, 2.24) is 0 Å². The van der Waals surface area contributed by atoms with E-state index >= 15 is 0 Å². The lowest BCUT2D eigenvalue weighted by atomic mass is 9.49. The number of aliphatic carboxylic acids is 1. The maximum atomic E-state index is 11.9. The molecule has 2 aliphatic rings. The molecule has 0 unspecified atom stereocenters. The first kappa shape index (κ1) is 12.7. The highest BCUT2D eigenvalue weighted by atomic mass is 16.5. The highest BCUT2D eigenvalue weighted by Gasteiger charge is 2.64. The highest BCUT2D eigenvalue weighted by molar-refractivity contribution is 5.79. The van der Waals surface area contributed by atoms with Crippen LogP contribution in [0.1, 0.15) is 36.0 Å². The van der Waals surface area contributed by atoms with Crippen molar-refractivity contribution in [3.05, 3.63) is 34.9 Å². The van der Waals surface area contributed by atoms with Gasteiger partial charge in [-0.05, 0) is 37.8 Å². The molecule has 1 saturated heterocycles. The van der Waals surface area contributed by atoms with Gasteiger partial charge in [-0.2, -0.15) is 0 Å². The van der Waals surface area contributed by atoms with E-state index in [-0.39, 0.29) is 5.41 Å². The predicted molar refractivity (Wildman–Crippen MR) is 72.3 cm³/mol. The average Bonchev–Trinajstić information content (AvgIpc) is 2.24. The van der Waals surface area contributed by atoms with Crippen LogP contribution < -0.4 is 0 Å². The Morgan fingerprint density at radius 3 is 2.37 bits per heavy atom. The molecule has 1 aromatic rings. The molecule has 1 heterocycles. The third kappa shape index (κ3) is 1.51. The molecule has 0 aromatic heterocycles. The van der Waals surface area contributed by atoms with Crippen LogP contribution in [0.25, 0.3) is 0 Å². The molecule has 0 bridgehead atoms. The standard InChI is InChI=1S/C16H20O3/c1-11-4-5-12(2)13(8-11)16(9-19-10-16)15(14(17)18)6-3-7-15/h4-5,8H,3,6-7,9-10H2,1-2H3,(H,17,18). The second-order valence-electron chi connectivity index (χ2n) is 6.13. The largest absolute Gasteiger partial charge is 0.481 e. The Morgan fingerprint density at radius 1 is 1.26 bits per heavy atom. The van der Waals surface area contributed by atoms with Crippen LogP contribution in [0, 0.1) is 19.3 Å². The van der Waals surface area contributed by atoms with Crippen LogP contribution in [0.2, 0.25) is 0 Å². The first-order chi connectivity index (χ1) is 9.02. The van der Waals surface area contributed by atoms with Gasteiger partial charge in [0.1, 0.15) is 0 Å². The lowest BCUT2D eigenvalue weighted by molar-refractivity contribution is -0.192. The molecule has 3 nitrogen and oxygen atoms in total. The van der Waals surface area contributed by atoms with Crippen molar-refractivity contribution in [3.63, 3.8) is 0 Å². The molecule has 1 aliphatic heterocycles. The summed E-state index contributed by atoms with van der Waals surface area (Å²) in [6.45, 7) is 5.22. The van der Waals surface area contributed by atoms with E-state index in [0.29, 0.717) is 13.2 Å². The number of carboxylic acids is 1. The summed E-state index contributed by atoms with van der Waals surface area (Å²) in [5.41, 5.74) is 2.63. The van der Waals surface area contributed by atoms with E-state index in [4.69, 9.17) is 4.74 Å². The number of hydrogen-bond donors (Lipinski definition) is 1. The Bertz CT molecular complexity index is 525. The number of carbonyl (C=O) groups is 1. The lowest BCUT2D eigenvalue weighted by Gasteiger charge is -2.58. The van der Waals surface area contributed by atoms with Crippen LogP contribution in [0.15, 0.2) is 18.2 Å². The summed E-state index contributed by atoms with van der Waals surface area (Å²) in [5, 5.41) is 9.75. The molecule has 1 aliphatic carbocycles. The van der Waals surface area contributed by atoms with Crippen molar-refractivity contribution in [1.29, 1.82) is 0 Å². The van der Waals surface area contributed by atoms with Gasteiger partial charge in [-0.15, -0.1) is 0 Å². The Morgan fingerprint density at radius 2 is 1.95 bits per heavy atom. The zero-order valence-corrected chi connectivity index (χ0v) is 11.5. The summed E-state index contributed by atoms with van der Waals surface area (Å²) < 4.78 is 5.46. The number of hydrogen-bond acceptors (Lipinski definition) is 2. The Labute approximate surface area is 113 Å². The number of ether oxygens (including phenoxy) is 1. The lowest BCUT2D eigenvalue weighted by Crippen LogP contribution is -2.65. The Kier molecular flexibility index (Phi) is 2.72. The molecule has 1 N–H and O–H groups in total. The Balaban J connectivity index is 2.13. The van der Waals surface area contributed by atoms with Gasteiger partial charge in [0.05, 0.1) is 24.0 Å². The van der Waals surface area contributed by atoms with Crippen molar-refractivity contribution >= 4 is 5.97 Å². The van der Waals surface area contributed by atoms with E-state index in [1.54, 1.807) is 0 Å². The van der Waals surface area contributed by atoms with Gasteiger partial charge in [0.2, 0.25) is 0 Å².